The van der Waals surface area contributed by atoms with Crippen LogP contribution in [0.4, 0.5) is 5.82 Å². The molecule has 1 unspecified atom stereocenters. The standard InChI is InChI=1S/C14H22N4O.2ClH/c1-12(15)5-6-14(19)18-10-8-17(9-11-18)13-4-2-3-7-16-13;;/h2-4,7,12H,5-6,8-11,15H2,1H3;2*1H. The summed E-state index contributed by atoms with van der Waals surface area (Å²) < 4.78 is 0. The van der Waals surface area contributed by atoms with Gasteiger partial charge in [0.25, 0.3) is 0 Å². The number of pyridine rings is 1. The first-order chi connectivity index (χ1) is 9.16. The van der Waals surface area contributed by atoms with E-state index in [2.05, 4.69) is 9.88 Å². The van der Waals surface area contributed by atoms with Gasteiger partial charge < -0.3 is 15.5 Å². The molecule has 0 bridgehead atoms. The fraction of sp³-hybridized carbons (Fsp3) is 0.571. The number of amides is 1. The molecule has 1 atom stereocenters. The Hall–Kier alpha value is -1.04. The lowest BCUT2D eigenvalue weighted by Crippen LogP contribution is -2.49. The summed E-state index contributed by atoms with van der Waals surface area (Å²) in [6, 6.07) is 6.01. The molecule has 1 aliphatic rings. The summed E-state index contributed by atoms with van der Waals surface area (Å²) in [5, 5.41) is 0. The Labute approximate surface area is 138 Å². The minimum atomic E-state index is 0. The van der Waals surface area contributed by atoms with Crippen LogP contribution in [0.5, 0.6) is 0 Å². The molecular weight excluding hydrogens is 311 g/mol. The van der Waals surface area contributed by atoms with Crippen LogP contribution < -0.4 is 10.6 Å². The van der Waals surface area contributed by atoms with E-state index in [1.165, 1.54) is 0 Å². The lowest BCUT2D eigenvalue weighted by atomic mass is 10.1. The first kappa shape index (κ1) is 20.0. The van der Waals surface area contributed by atoms with Crippen LogP contribution in [0, 0.1) is 0 Å². The number of nitrogens with two attached hydrogens (primary N) is 1. The van der Waals surface area contributed by atoms with Crippen LogP contribution in [0.1, 0.15) is 19.8 Å². The van der Waals surface area contributed by atoms with Crippen molar-refractivity contribution in [1.82, 2.24) is 9.88 Å². The molecule has 21 heavy (non-hydrogen) atoms. The minimum Gasteiger partial charge on any atom is -0.353 e. The molecular formula is C14H24Cl2N4O. The second kappa shape index (κ2) is 9.82. The zero-order chi connectivity index (χ0) is 13.7. The van der Waals surface area contributed by atoms with E-state index in [-0.39, 0.29) is 36.8 Å². The quantitative estimate of drug-likeness (QED) is 0.910. The fourth-order valence-corrected chi connectivity index (χ4v) is 2.24. The van der Waals surface area contributed by atoms with Crippen molar-refractivity contribution in [3.8, 4) is 0 Å². The van der Waals surface area contributed by atoms with Gasteiger partial charge in [-0.25, -0.2) is 4.98 Å². The van der Waals surface area contributed by atoms with E-state index in [0.29, 0.717) is 6.42 Å². The fourth-order valence-electron chi connectivity index (χ4n) is 2.24. The van der Waals surface area contributed by atoms with E-state index in [1.54, 1.807) is 6.20 Å². The number of carbonyl (C=O) groups excluding carboxylic acids is 1. The SMILES string of the molecule is CC(N)CCC(=O)N1CCN(c2ccccn2)CC1.Cl.Cl. The molecule has 0 saturated carbocycles. The van der Waals surface area contributed by atoms with E-state index in [4.69, 9.17) is 5.73 Å². The predicted molar refractivity (Wildman–Crippen MR) is 90.4 cm³/mol. The van der Waals surface area contributed by atoms with Crippen molar-refractivity contribution in [2.24, 2.45) is 5.73 Å². The zero-order valence-electron chi connectivity index (χ0n) is 12.3. The van der Waals surface area contributed by atoms with Crippen LogP contribution in [-0.4, -0.2) is 48.0 Å². The van der Waals surface area contributed by atoms with Gasteiger partial charge in [0.15, 0.2) is 0 Å². The van der Waals surface area contributed by atoms with Crippen molar-refractivity contribution >= 4 is 36.5 Å². The van der Waals surface area contributed by atoms with E-state index < -0.39 is 0 Å². The molecule has 0 radical (unpaired) electrons. The van der Waals surface area contributed by atoms with Crippen molar-refractivity contribution in [1.29, 1.82) is 0 Å². The highest BCUT2D eigenvalue weighted by molar-refractivity contribution is 5.85. The molecule has 2 rings (SSSR count). The summed E-state index contributed by atoms with van der Waals surface area (Å²) in [6.45, 7) is 5.18. The Balaban J connectivity index is 0.00000200. The van der Waals surface area contributed by atoms with Crippen molar-refractivity contribution in [3.05, 3.63) is 24.4 Å². The van der Waals surface area contributed by atoms with Crippen LogP contribution in [0.3, 0.4) is 0 Å². The van der Waals surface area contributed by atoms with Gasteiger partial charge in [0.2, 0.25) is 5.91 Å². The summed E-state index contributed by atoms with van der Waals surface area (Å²) in [4.78, 5) is 20.5. The van der Waals surface area contributed by atoms with Gasteiger partial charge in [0, 0.05) is 44.8 Å². The van der Waals surface area contributed by atoms with Gasteiger partial charge in [0.1, 0.15) is 5.82 Å². The van der Waals surface area contributed by atoms with Gasteiger partial charge in [-0.1, -0.05) is 6.07 Å². The predicted octanol–water partition coefficient (Wildman–Crippen LogP) is 1.70. The molecule has 0 aliphatic carbocycles. The second-order valence-electron chi connectivity index (χ2n) is 5.07. The topological polar surface area (TPSA) is 62.5 Å². The van der Waals surface area contributed by atoms with E-state index in [9.17, 15) is 4.79 Å². The lowest BCUT2D eigenvalue weighted by molar-refractivity contribution is -0.131. The molecule has 7 heteroatoms. The number of carbonyl (C=O) groups is 1. The Kier molecular flexibility index (Phi) is 9.33. The third-order valence-corrected chi connectivity index (χ3v) is 3.42. The van der Waals surface area contributed by atoms with Crippen LogP contribution in [-0.2, 0) is 4.79 Å². The molecule has 1 aromatic heterocycles. The van der Waals surface area contributed by atoms with Crippen LogP contribution in [0.2, 0.25) is 0 Å². The number of hydrogen-bond donors (Lipinski definition) is 1. The second-order valence-corrected chi connectivity index (χ2v) is 5.07. The molecule has 0 aromatic carbocycles. The Morgan fingerprint density at radius 3 is 2.48 bits per heavy atom. The molecule has 0 spiro atoms. The van der Waals surface area contributed by atoms with Crippen molar-refractivity contribution < 1.29 is 4.79 Å². The van der Waals surface area contributed by atoms with Crippen LogP contribution in [0.25, 0.3) is 0 Å². The summed E-state index contributed by atoms with van der Waals surface area (Å²) in [6.07, 6.45) is 3.12. The van der Waals surface area contributed by atoms with Crippen molar-refractivity contribution in [3.63, 3.8) is 0 Å². The summed E-state index contributed by atoms with van der Waals surface area (Å²) >= 11 is 0. The Bertz CT molecular complexity index is 409. The lowest BCUT2D eigenvalue weighted by Gasteiger charge is -2.35. The van der Waals surface area contributed by atoms with Crippen molar-refractivity contribution in [2.75, 3.05) is 31.1 Å². The highest BCUT2D eigenvalue weighted by Gasteiger charge is 2.21. The monoisotopic (exact) mass is 334 g/mol. The molecule has 120 valence electrons. The summed E-state index contributed by atoms with van der Waals surface area (Å²) in [5.41, 5.74) is 5.68. The van der Waals surface area contributed by atoms with Crippen LogP contribution in [0.15, 0.2) is 24.4 Å². The van der Waals surface area contributed by atoms with Gasteiger partial charge >= 0.3 is 0 Å². The molecule has 1 saturated heterocycles. The highest BCUT2D eigenvalue weighted by Crippen LogP contribution is 2.13. The average molecular weight is 335 g/mol. The van der Waals surface area contributed by atoms with Gasteiger partial charge in [-0.3, -0.25) is 4.79 Å². The summed E-state index contributed by atoms with van der Waals surface area (Å²) in [5.74, 6) is 1.21. The van der Waals surface area contributed by atoms with E-state index in [1.807, 2.05) is 30.0 Å². The van der Waals surface area contributed by atoms with E-state index in [0.717, 1.165) is 38.4 Å². The minimum absolute atomic E-state index is 0. The van der Waals surface area contributed by atoms with Gasteiger partial charge in [-0.2, -0.15) is 0 Å². The first-order valence-electron chi connectivity index (χ1n) is 6.86. The normalized spacial score (nSPS) is 15.7. The third kappa shape index (κ3) is 6.08. The van der Waals surface area contributed by atoms with Crippen LogP contribution >= 0.6 is 24.8 Å². The number of rotatable bonds is 4. The maximum atomic E-state index is 12.0. The number of nitrogens with zero attached hydrogens (tertiary/aromatic N) is 3. The molecule has 1 aromatic rings. The molecule has 1 amide bonds. The summed E-state index contributed by atoms with van der Waals surface area (Å²) in [7, 11) is 0. The molecule has 2 N–H and O–H groups in total. The first-order valence-corrected chi connectivity index (χ1v) is 6.86. The van der Waals surface area contributed by atoms with Gasteiger partial charge in [0.05, 0.1) is 0 Å². The van der Waals surface area contributed by atoms with Crippen molar-refractivity contribution in [2.45, 2.75) is 25.8 Å². The zero-order valence-corrected chi connectivity index (χ0v) is 13.9. The number of hydrogen-bond acceptors (Lipinski definition) is 4. The number of aromatic nitrogens is 1. The maximum absolute atomic E-state index is 12.0. The number of piperazine rings is 1. The smallest absolute Gasteiger partial charge is 0.222 e. The van der Waals surface area contributed by atoms with E-state index >= 15 is 0 Å². The average Bonchev–Trinajstić information content (AvgIpc) is 2.46. The molecule has 1 aliphatic heterocycles. The molecule has 1 fully saturated rings. The highest BCUT2D eigenvalue weighted by atomic mass is 35.5. The molecule has 2 heterocycles. The molecule has 5 nitrogen and oxygen atoms in total. The van der Waals surface area contributed by atoms with Gasteiger partial charge in [-0.05, 0) is 25.5 Å². The van der Waals surface area contributed by atoms with Gasteiger partial charge in [-0.15, -0.1) is 24.8 Å². The Morgan fingerprint density at radius 1 is 1.29 bits per heavy atom. The maximum Gasteiger partial charge on any atom is 0.222 e. The Morgan fingerprint density at radius 2 is 1.95 bits per heavy atom. The third-order valence-electron chi connectivity index (χ3n) is 3.42. The number of halogens is 2. The largest absolute Gasteiger partial charge is 0.353 e. The number of anilines is 1.